The van der Waals surface area contributed by atoms with Crippen molar-refractivity contribution in [3.05, 3.63) is 95.6 Å². The Bertz CT molecular complexity index is 818. The molecule has 126 valence electrons. The molecule has 0 radical (unpaired) electrons. The predicted molar refractivity (Wildman–Crippen MR) is 99.8 cm³/mol. The monoisotopic (exact) mass is 332 g/mol. The summed E-state index contributed by atoms with van der Waals surface area (Å²) in [4.78, 5) is 0. The Hall–Kier alpha value is -3.27. The van der Waals surface area contributed by atoms with E-state index in [2.05, 4.69) is 5.10 Å². The molecular weight excluding hydrogens is 312 g/mol. The predicted octanol–water partition coefficient (Wildman–Crippen LogP) is 4.14. The van der Waals surface area contributed by atoms with E-state index in [4.69, 9.17) is 15.3 Å². The van der Waals surface area contributed by atoms with Gasteiger partial charge in [-0.05, 0) is 34.9 Å². The number of ether oxygens (including phenoxy) is 2. The second-order valence-electron chi connectivity index (χ2n) is 5.53. The van der Waals surface area contributed by atoms with Gasteiger partial charge in [0.15, 0.2) is 11.5 Å². The SMILES string of the molecule is NN=Cc1ccc(OCc2ccccc2)c(OCc2ccccc2)c1. The lowest BCUT2D eigenvalue weighted by Crippen LogP contribution is -2.01. The second kappa shape index (κ2) is 8.55. The van der Waals surface area contributed by atoms with Gasteiger partial charge in [-0.1, -0.05) is 60.7 Å². The van der Waals surface area contributed by atoms with Crippen molar-refractivity contribution in [3.63, 3.8) is 0 Å². The van der Waals surface area contributed by atoms with Gasteiger partial charge in [0.2, 0.25) is 0 Å². The lowest BCUT2D eigenvalue weighted by Gasteiger charge is -2.14. The minimum atomic E-state index is 0.464. The molecule has 0 saturated carbocycles. The molecule has 3 rings (SSSR count). The highest BCUT2D eigenvalue weighted by Crippen LogP contribution is 2.29. The lowest BCUT2D eigenvalue weighted by atomic mass is 10.2. The summed E-state index contributed by atoms with van der Waals surface area (Å²) in [6, 6.07) is 25.7. The minimum Gasteiger partial charge on any atom is -0.485 e. The van der Waals surface area contributed by atoms with Crippen LogP contribution in [0.4, 0.5) is 0 Å². The van der Waals surface area contributed by atoms with Crippen molar-refractivity contribution in [2.75, 3.05) is 0 Å². The van der Waals surface area contributed by atoms with Gasteiger partial charge in [-0.2, -0.15) is 5.10 Å². The third kappa shape index (κ3) is 4.85. The number of hydrazone groups is 1. The molecule has 0 heterocycles. The van der Waals surface area contributed by atoms with Crippen LogP contribution in [-0.4, -0.2) is 6.21 Å². The molecule has 2 N–H and O–H groups in total. The fourth-order valence-corrected chi connectivity index (χ4v) is 2.39. The van der Waals surface area contributed by atoms with Crippen LogP contribution in [0.2, 0.25) is 0 Å². The first-order valence-electron chi connectivity index (χ1n) is 8.06. The fourth-order valence-electron chi connectivity index (χ4n) is 2.39. The molecule has 0 amide bonds. The third-order valence-corrected chi connectivity index (χ3v) is 3.67. The van der Waals surface area contributed by atoms with Gasteiger partial charge in [-0.15, -0.1) is 0 Å². The standard InChI is InChI=1S/C21H20N2O2/c22-23-14-19-11-12-20(24-15-17-7-3-1-4-8-17)21(13-19)25-16-18-9-5-2-6-10-18/h1-14H,15-16,22H2. The summed E-state index contributed by atoms with van der Waals surface area (Å²) in [5, 5.41) is 3.57. The van der Waals surface area contributed by atoms with Crippen LogP contribution in [0, 0.1) is 0 Å². The van der Waals surface area contributed by atoms with Crippen LogP contribution >= 0.6 is 0 Å². The molecule has 0 aliphatic rings. The van der Waals surface area contributed by atoms with E-state index in [1.807, 2.05) is 78.9 Å². The largest absolute Gasteiger partial charge is 0.485 e. The van der Waals surface area contributed by atoms with E-state index < -0.39 is 0 Å². The van der Waals surface area contributed by atoms with Crippen molar-refractivity contribution in [2.24, 2.45) is 10.9 Å². The normalized spacial score (nSPS) is 10.7. The molecule has 0 unspecified atom stereocenters. The van der Waals surface area contributed by atoms with Crippen LogP contribution in [0.5, 0.6) is 11.5 Å². The van der Waals surface area contributed by atoms with Gasteiger partial charge in [-0.25, -0.2) is 0 Å². The molecule has 4 nitrogen and oxygen atoms in total. The highest BCUT2D eigenvalue weighted by atomic mass is 16.5. The summed E-state index contributed by atoms with van der Waals surface area (Å²) in [7, 11) is 0. The van der Waals surface area contributed by atoms with E-state index in [0.717, 1.165) is 16.7 Å². The van der Waals surface area contributed by atoms with E-state index in [1.165, 1.54) is 0 Å². The van der Waals surface area contributed by atoms with E-state index in [0.29, 0.717) is 24.7 Å². The number of benzene rings is 3. The molecule has 3 aromatic carbocycles. The van der Waals surface area contributed by atoms with Crippen molar-refractivity contribution in [2.45, 2.75) is 13.2 Å². The van der Waals surface area contributed by atoms with Crippen LogP contribution in [0.3, 0.4) is 0 Å². The Morgan fingerprint density at radius 3 is 1.84 bits per heavy atom. The zero-order valence-corrected chi connectivity index (χ0v) is 13.8. The highest BCUT2D eigenvalue weighted by molar-refractivity contribution is 5.80. The molecule has 0 atom stereocenters. The summed E-state index contributed by atoms with van der Waals surface area (Å²) < 4.78 is 11.9. The van der Waals surface area contributed by atoms with Crippen molar-refractivity contribution in [3.8, 4) is 11.5 Å². The minimum absolute atomic E-state index is 0.464. The molecule has 4 heteroatoms. The third-order valence-electron chi connectivity index (χ3n) is 3.67. The van der Waals surface area contributed by atoms with Crippen LogP contribution in [0.15, 0.2) is 84.0 Å². The van der Waals surface area contributed by atoms with Crippen LogP contribution in [-0.2, 0) is 13.2 Å². The molecule has 0 aliphatic heterocycles. The number of rotatable bonds is 7. The zero-order valence-electron chi connectivity index (χ0n) is 13.8. The molecule has 0 fully saturated rings. The summed E-state index contributed by atoms with van der Waals surface area (Å²) in [6.07, 6.45) is 1.58. The van der Waals surface area contributed by atoms with Crippen LogP contribution in [0.1, 0.15) is 16.7 Å². The van der Waals surface area contributed by atoms with E-state index in [9.17, 15) is 0 Å². The lowest BCUT2D eigenvalue weighted by molar-refractivity contribution is 0.256. The molecule has 0 aliphatic carbocycles. The Kier molecular flexibility index (Phi) is 5.67. The summed E-state index contributed by atoms with van der Waals surface area (Å²) >= 11 is 0. The van der Waals surface area contributed by atoms with Crippen molar-refractivity contribution in [1.82, 2.24) is 0 Å². The van der Waals surface area contributed by atoms with Crippen LogP contribution in [0.25, 0.3) is 0 Å². The Morgan fingerprint density at radius 2 is 1.28 bits per heavy atom. The second-order valence-corrected chi connectivity index (χ2v) is 5.53. The maximum atomic E-state index is 5.97. The fraction of sp³-hybridized carbons (Fsp3) is 0.0952. The Labute approximate surface area is 147 Å². The van der Waals surface area contributed by atoms with Crippen molar-refractivity contribution in [1.29, 1.82) is 0 Å². The molecule has 0 saturated heterocycles. The molecule has 25 heavy (non-hydrogen) atoms. The Morgan fingerprint density at radius 1 is 0.720 bits per heavy atom. The van der Waals surface area contributed by atoms with Gasteiger partial charge < -0.3 is 15.3 Å². The summed E-state index contributed by atoms with van der Waals surface area (Å²) in [6.45, 7) is 0.943. The van der Waals surface area contributed by atoms with E-state index in [1.54, 1.807) is 6.21 Å². The molecule has 0 bridgehead atoms. The quantitative estimate of drug-likeness (QED) is 0.402. The average Bonchev–Trinajstić information content (AvgIpc) is 2.67. The van der Waals surface area contributed by atoms with Gasteiger partial charge in [0.25, 0.3) is 0 Å². The molecule has 0 spiro atoms. The van der Waals surface area contributed by atoms with Gasteiger partial charge >= 0.3 is 0 Å². The highest BCUT2D eigenvalue weighted by Gasteiger charge is 2.07. The number of nitrogens with zero attached hydrogens (tertiary/aromatic N) is 1. The first-order chi connectivity index (χ1) is 12.3. The first kappa shape index (κ1) is 16.6. The maximum Gasteiger partial charge on any atom is 0.162 e. The zero-order chi connectivity index (χ0) is 17.3. The molecule has 3 aromatic rings. The number of hydrogen-bond acceptors (Lipinski definition) is 4. The van der Waals surface area contributed by atoms with Gasteiger partial charge in [0, 0.05) is 0 Å². The topological polar surface area (TPSA) is 56.8 Å². The first-order valence-corrected chi connectivity index (χ1v) is 8.06. The van der Waals surface area contributed by atoms with E-state index in [-0.39, 0.29) is 0 Å². The molecule has 0 aromatic heterocycles. The number of nitrogens with two attached hydrogens (primary N) is 1. The van der Waals surface area contributed by atoms with E-state index >= 15 is 0 Å². The average molecular weight is 332 g/mol. The Balaban J connectivity index is 1.76. The van der Waals surface area contributed by atoms with Crippen molar-refractivity contribution >= 4 is 6.21 Å². The summed E-state index contributed by atoms with van der Waals surface area (Å²) in [5.41, 5.74) is 3.05. The summed E-state index contributed by atoms with van der Waals surface area (Å²) in [5.74, 6) is 6.60. The van der Waals surface area contributed by atoms with Gasteiger partial charge in [-0.3, -0.25) is 0 Å². The van der Waals surface area contributed by atoms with Gasteiger partial charge in [0.05, 0.1) is 6.21 Å². The maximum absolute atomic E-state index is 5.97. The number of hydrogen-bond donors (Lipinski definition) is 1. The van der Waals surface area contributed by atoms with Crippen molar-refractivity contribution < 1.29 is 9.47 Å². The van der Waals surface area contributed by atoms with Gasteiger partial charge in [0.1, 0.15) is 13.2 Å². The smallest absolute Gasteiger partial charge is 0.162 e. The van der Waals surface area contributed by atoms with Crippen LogP contribution < -0.4 is 15.3 Å². The molecular formula is C21H20N2O2.